The molecule has 0 aliphatic carbocycles. The van der Waals surface area contributed by atoms with Gasteiger partial charge in [0.25, 0.3) is 0 Å². The maximum Gasteiger partial charge on any atom is 0.302 e. The van der Waals surface area contributed by atoms with E-state index in [1.54, 1.807) is 6.92 Å². The second-order valence-corrected chi connectivity index (χ2v) is 5.58. The SMILES string of the molecule is CC(O)SC(N)=[NH2+].O=C([O-])C(Cl)(Cl)Cl. The molecule has 0 amide bonds. The van der Waals surface area contributed by atoms with Crippen LogP contribution in [0.1, 0.15) is 6.92 Å². The lowest BCUT2D eigenvalue weighted by molar-refractivity contribution is -0.304. The number of thioether (sulfide) groups is 1. The number of carbonyl (C=O) groups is 1. The minimum atomic E-state index is -2.28. The monoisotopic (exact) mass is 282 g/mol. The second-order valence-electron chi connectivity index (χ2n) is 1.90. The third-order valence-electron chi connectivity index (χ3n) is 0.538. The molecule has 0 aromatic rings. The van der Waals surface area contributed by atoms with Gasteiger partial charge in [-0.05, 0) is 18.7 Å². The highest BCUT2D eigenvalue weighted by Gasteiger charge is 2.20. The number of aliphatic hydroxyl groups excluding tert-OH is 1. The summed E-state index contributed by atoms with van der Waals surface area (Å²) in [5.41, 5.74) is 4.50. The van der Waals surface area contributed by atoms with Gasteiger partial charge in [0.2, 0.25) is 3.79 Å². The summed E-state index contributed by atoms with van der Waals surface area (Å²) in [7, 11) is 0. The molecule has 5 N–H and O–H groups in total. The van der Waals surface area contributed by atoms with Crippen molar-refractivity contribution in [2.24, 2.45) is 5.73 Å². The van der Waals surface area contributed by atoms with Crippen LogP contribution in [-0.4, -0.2) is 25.5 Å². The van der Waals surface area contributed by atoms with Crippen LogP contribution >= 0.6 is 46.6 Å². The first kappa shape index (κ1) is 16.5. The van der Waals surface area contributed by atoms with E-state index in [0.29, 0.717) is 0 Å². The van der Waals surface area contributed by atoms with Crippen molar-refractivity contribution in [1.29, 1.82) is 0 Å². The molecule has 9 heteroatoms. The molecule has 0 aliphatic heterocycles. The molecule has 1 atom stereocenters. The fourth-order valence-electron chi connectivity index (χ4n) is 0.197. The second kappa shape index (κ2) is 7.42. The van der Waals surface area contributed by atoms with Gasteiger partial charge >= 0.3 is 5.17 Å². The lowest BCUT2D eigenvalue weighted by Gasteiger charge is -2.09. The number of carboxylic acids is 1. The van der Waals surface area contributed by atoms with Gasteiger partial charge < -0.3 is 15.0 Å². The summed E-state index contributed by atoms with van der Waals surface area (Å²) in [4.78, 5) is 9.51. The van der Waals surface area contributed by atoms with Crippen molar-refractivity contribution in [2.75, 3.05) is 0 Å². The summed E-state index contributed by atoms with van der Waals surface area (Å²) >= 11 is 15.2. The molecule has 14 heavy (non-hydrogen) atoms. The number of aliphatic carboxylic acids is 1. The topological polar surface area (TPSA) is 112 Å². The van der Waals surface area contributed by atoms with Crippen LogP contribution in [0.5, 0.6) is 0 Å². The standard InChI is InChI=1S/C3H8N2OS.C2HCl3O2/c1-2(6)7-3(4)5;3-2(4,5)1(6)7/h2,6H,1H3,(H3,4,5);(H,6,7). The minimum Gasteiger partial charge on any atom is -0.545 e. The van der Waals surface area contributed by atoms with Crippen LogP contribution in [0.2, 0.25) is 0 Å². The van der Waals surface area contributed by atoms with E-state index in [-0.39, 0.29) is 5.17 Å². The maximum absolute atomic E-state index is 9.51. The van der Waals surface area contributed by atoms with Crippen molar-refractivity contribution in [3.63, 3.8) is 0 Å². The molecule has 5 nitrogen and oxygen atoms in total. The molecule has 1 unspecified atom stereocenters. The number of carbonyl (C=O) groups excluding carboxylic acids is 1. The van der Waals surface area contributed by atoms with Gasteiger partial charge in [0.05, 0.1) is 5.97 Å². The van der Waals surface area contributed by atoms with E-state index in [1.807, 2.05) is 0 Å². The predicted molar refractivity (Wildman–Crippen MR) is 55.7 cm³/mol. The highest BCUT2D eigenvalue weighted by molar-refractivity contribution is 8.13. The number of alkyl halides is 3. The summed E-state index contributed by atoms with van der Waals surface area (Å²) in [6, 6.07) is 0. The molecule has 0 aromatic heterocycles. The quantitative estimate of drug-likeness (QED) is 0.228. The molecule has 0 aromatic carbocycles. The number of rotatable bonds is 1. The summed E-state index contributed by atoms with van der Waals surface area (Å²) in [5.74, 6) is -1.71. The normalized spacial score (nSPS) is 12.4. The summed E-state index contributed by atoms with van der Waals surface area (Å²) in [5, 5.41) is 23.2. The predicted octanol–water partition coefficient (Wildman–Crippen LogP) is -1.76. The van der Waals surface area contributed by atoms with Crippen LogP contribution in [0.3, 0.4) is 0 Å². The van der Waals surface area contributed by atoms with Crippen molar-refractivity contribution in [1.82, 2.24) is 0 Å². The minimum absolute atomic E-state index is 0.204. The van der Waals surface area contributed by atoms with Crippen molar-refractivity contribution in [3.8, 4) is 0 Å². The molecule has 84 valence electrons. The molecule has 0 saturated carbocycles. The molecule has 0 spiro atoms. The third kappa shape index (κ3) is 14.6. The Kier molecular flexibility index (Phi) is 8.77. The zero-order chi connectivity index (χ0) is 11.9. The van der Waals surface area contributed by atoms with Crippen LogP contribution in [0, 0.1) is 0 Å². The molecule has 0 heterocycles. The van der Waals surface area contributed by atoms with Gasteiger partial charge in [0, 0.05) is 0 Å². The van der Waals surface area contributed by atoms with Crippen molar-refractivity contribution < 1.29 is 20.4 Å². The average molecular weight is 284 g/mol. The smallest absolute Gasteiger partial charge is 0.302 e. The van der Waals surface area contributed by atoms with E-state index < -0.39 is 15.2 Å². The van der Waals surface area contributed by atoms with Crippen molar-refractivity contribution in [3.05, 3.63) is 0 Å². The number of amidine groups is 1. The molecular formula is C5H9Cl3N2O3S. The maximum atomic E-state index is 9.51. The van der Waals surface area contributed by atoms with Gasteiger partial charge in [-0.15, -0.1) is 0 Å². The zero-order valence-electron chi connectivity index (χ0n) is 7.04. The Balaban J connectivity index is 0. The lowest BCUT2D eigenvalue weighted by atomic mass is 10.8. The Hall–Kier alpha value is 0.120. The molecule has 0 saturated heterocycles. The Bertz CT molecular complexity index is 207. The first-order valence-electron chi connectivity index (χ1n) is 3.08. The Labute approximate surface area is 100 Å². The van der Waals surface area contributed by atoms with E-state index in [9.17, 15) is 9.90 Å². The number of nitrogens with two attached hydrogens (primary N) is 2. The Morgan fingerprint density at radius 2 is 1.93 bits per heavy atom. The first-order chi connectivity index (χ1) is 6.07. The van der Waals surface area contributed by atoms with Gasteiger partial charge in [-0.1, -0.05) is 34.8 Å². The molecular weight excluding hydrogens is 274 g/mol. The van der Waals surface area contributed by atoms with E-state index in [1.165, 1.54) is 0 Å². The van der Waals surface area contributed by atoms with E-state index in [0.717, 1.165) is 11.8 Å². The fraction of sp³-hybridized carbons (Fsp3) is 0.600. The van der Waals surface area contributed by atoms with Crippen LogP contribution in [0.15, 0.2) is 0 Å². The van der Waals surface area contributed by atoms with Crippen LogP contribution < -0.4 is 16.2 Å². The number of carboxylic acid groups (broad SMARTS) is 1. The van der Waals surface area contributed by atoms with Crippen molar-refractivity contribution in [2.45, 2.75) is 16.2 Å². The lowest BCUT2D eigenvalue weighted by Crippen LogP contribution is -2.44. The first-order valence-corrected chi connectivity index (χ1v) is 5.09. The van der Waals surface area contributed by atoms with Gasteiger partial charge in [-0.25, -0.2) is 0 Å². The average Bonchev–Trinajstić information content (AvgIpc) is 1.81. The van der Waals surface area contributed by atoms with E-state index in [2.05, 4.69) is 0 Å². The molecule has 0 radical (unpaired) electrons. The number of aliphatic hydroxyl groups is 1. The third-order valence-corrected chi connectivity index (χ3v) is 1.61. The molecule has 0 aliphatic rings. The summed E-state index contributed by atoms with van der Waals surface area (Å²) < 4.78 is -2.28. The van der Waals surface area contributed by atoms with Gasteiger partial charge in [0.1, 0.15) is 5.44 Å². The molecule has 0 rings (SSSR count). The van der Waals surface area contributed by atoms with E-state index >= 15 is 0 Å². The number of halogens is 3. The number of hydrogen-bond donors (Lipinski definition) is 3. The van der Waals surface area contributed by atoms with Crippen molar-refractivity contribution >= 4 is 57.7 Å². The Morgan fingerprint density at radius 3 is 1.93 bits per heavy atom. The highest BCUT2D eigenvalue weighted by atomic mass is 35.6. The molecule has 0 bridgehead atoms. The largest absolute Gasteiger partial charge is 0.545 e. The summed E-state index contributed by atoms with van der Waals surface area (Å²) in [6.45, 7) is 1.60. The summed E-state index contributed by atoms with van der Waals surface area (Å²) in [6.07, 6.45) is 0. The van der Waals surface area contributed by atoms with E-state index in [4.69, 9.17) is 51.1 Å². The fourth-order valence-corrected chi connectivity index (χ4v) is 0.591. The van der Waals surface area contributed by atoms with Crippen LogP contribution in [0.4, 0.5) is 0 Å². The van der Waals surface area contributed by atoms with Gasteiger partial charge in [-0.3, -0.25) is 11.1 Å². The number of hydrogen-bond acceptors (Lipinski definition) is 4. The Morgan fingerprint density at radius 1 is 1.64 bits per heavy atom. The van der Waals surface area contributed by atoms with Crippen LogP contribution in [0.25, 0.3) is 0 Å². The highest BCUT2D eigenvalue weighted by Crippen LogP contribution is 2.24. The van der Waals surface area contributed by atoms with Gasteiger partial charge in [0.15, 0.2) is 0 Å². The van der Waals surface area contributed by atoms with Crippen LogP contribution in [-0.2, 0) is 4.79 Å². The zero-order valence-corrected chi connectivity index (χ0v) is 10.1. The molecule has 0 fully saturated rings. The van der Waals surface area contributed by atoms with Gasteiger partial charge in [-0.2, -0.15) is 0 Å².